The van der Waals surface area contributed by atoms with E-state index in [4.69, 9.17) is 16.3 Å². The van der Waals surface area contributed by atoms with Crippen LogP contribution in [-0.2, 0) is 0 Å². The van der Waals surface area contributed by atoms with Gasteiger partial charge in [-0.25, -0.2) is 4.68 Å². The van der Waals surface area contributed by atoms with Crippen LogP contribution in [0.15, 0.2) is 78.6 Å². The van der Waals surface area contributed by atoms with Gasteiger partial charge in [0.25, 0.3) is 0 Å². The molecule has 36 heavy (non-hydrogen) atoms. The van der Waals surface area contributed by atoms with Gasteiger partial charge in [0.05, 0.1) is 5.70 Å². The van der Waals surface area contributed by atoms with Gasteiger partial charge >= 0.3 is 0 Å². The molecule has 8 heteroatoms. The van der Waals surface area contributed by atoms with E-state index in [9.17, 15) is 0 Å². The fraction of sp³-hybridized carbons (Fsp3) is 0.214. The van der Waals surface area contributed by atoms with Crippen molar-refractivity contribution in [2.75, 3.05) is 43.3 Å². The second kappa shape index (κ2) is 8.60. The summed E-state index contributed by atoms with van der Waals surface area (Å²) in [5, 5.41) is 8.80. The molecule has 182 valence electrons. The molecule has 0 unspecified atom stereocenters. The first-order valence-electron chi connectivity index (χ1n) is 11.8. The fourth-order valence-electron chi connectivity index (χ4n) is 4.94. The number of hydrogen-bond donors (Lipinski definition) is 1. The Morgan fingerprint density at radius 1 is 0.861 bits per heavy atom. The molecule has 0 saturated carbocycles. The average molecular weight is 499 g/mol. The van der Waals surface area contributed by atoms with E-state index in [2.05, 4.69) is 73.7 Å². The summed E-state index contributed by atoms with van der Waals surface area (Å²) in [4.78, 5) is 8.69. The predicted molar refractivity (Wildman–Crippen MR) is 145 cm³/mol. The SMILES string of the molecule is CN(C)c1ccc([C@H]2Oc3ccc(Cl)cc3C3=C2[C@@H](c2ccc(N(C)C)cc2)n2ncnc2N3)cc1. The average Bonchev–Trinajstić information content (AvgIpc) is 3.35. The topological polar surface area (TPSA) is 58.5 Å². The molecule has 0 amide bonds. The minimum Gasteiger partial charge on any atom is -0.480 e. The van der Waals surface area contributed by atoms with Crippen LogP contribution in [0, 0.1) is 0 Å². The number of benzene rings is 3. The van der Waals surface area contributed by atoms with Crippen molar-refractivity contribution >= 4 is 34.6 Å². The van der Waals surface area contributed by atoms with Crippen LogP contribution in [0.4, 0.5) is 17.3 Å². The van der Waals surface area contributed by atoms with Crippen molar-refractivity contribution in [2.24, 2.45) is 0 Å². The first-order chi connectivity index (χ1) is 17.4. The molecule has 2 aliphatic heterocycles. The Bertz CT molecular complexity index is 1460. The minimum absolute atomic E-state index is 0.208. The number of anilines is 3. The molecule has 7 nitrogen and oxygen atoms in total. The number of aromatic nitrogens is 3. The van der Waals surface area contributed by atoms with Crippen molar-refractivity contribution < 1.29 is 4.74 Å². The monoisotopic (exact) mass is 498 g/mol. The van der Waals surface area contributed by atoms with Gasteiger partial charge in [0, 0.05) is 55.7 Å². The number of rotatable bonds is 4. The second-order valence-electron chi connectivity index (χ2n) is 9.50. The maximum Gasteiger partial charge on any atom is 0.226 e. The van der Waals surface area contributed by atoms with Crippen molar-refractivity contribution in [3.05, 3.63) is 100 Å². The predicted octanol–water partition coefficient (Wildman–Crippen LogP) is 5.62. The molecule has 1 N–H and O–H groups in total. The first kappa shape index (κ1) is 22.5. The van der Waals surface area contributed by atoms with Crippen LogP contribution in [0.25, 0.3) is 5.70 Å². The number of halogens is 1. The quantitative estimate of drug-likeness (QED) is 0.394. The van der Waals surface area contributed by atoms with Crippen molar-refractivity contribution in [1.29, 1.82) is 0 Å². The van der Waals surface area contributed by atoms with E-state index in [1.807, 2.05) is 51.1 Å². The minimum atomic E-state index is -0.326. The summed E-state index contributed by atoms with van der Waals surface area (Å²) >= 11 is 6.44. The van der Waals surface area contributed by atoms with Crippen LogP contribution in [-0.4, -0.2) is 43.0 Å². The van der Waals surface area contributed by atoms with Gasteiger partial charge in [0.2, 0.25) is 5.95 Å². The molecule has 6 rings (SSSR count). The van der Waals surface area contributed by atoms with E-state index in [1.54, 1.807) is 6.33 Å². The van der Waals surface area contributed by atoms with Crippen LogP contribution in [0.1, 0.15) is 28.8 Å². The Morgan fingerprint density at radius 3 is 2.14 bits per heavy atom. The molecule has 0 saturated heterocycles. The molecular weight excluding hydrogens is 472 g/mol. The highest BCUT2D eigenvalue weighted by Crippen LogP contribution is 2.51. The fourth-order valence-corrected chi connectivity index (χ4v) is 5.11. The summed E-state index contributed by atoms with van der Waals surface area (Å²) in [5.74, 6) is 1.46. The van der Waals surface area contributed by atoms with E-state index in [-0.39, 0.29) is 12.1 Å². The van der Waals surface area contributed by atoms with Gasteiger partial charge in [0.15, 0.2) is 0 Å². The molecule has 0 fully saturated rings. The van der Waals surface area contributed by atoms with Crippen LogP contribution >= 0.6 is 11.6 Å². The normalized spacial score (nSPS) is 17.9. The maximum absolute atomic E-state index is 6.71. The van der Waals surface area contributed by atoms with Gasteiger partial charge in [-0.05, 0) is 53.6 Å². The summed E-state index contributed by atoms with van der Waals surface area (Å²) in [6, 6.07) is 22.6. The lowest BCUT2D eigenvalue weighted by Gasteiger charge is -2.39. The molecule has 0 aliphatic carbocycles. The molecule has 2 atom stereocenters. The van der Waals surface area contributed by atoms with E-state index in [1.165, 1.54) is 0 Å². The van der Waals surface area contributed by atoms with Crippen molar-refractivity contribution in [3.63, 3.8) is 0 Å². The second-order valence-corrected chi connectivity index (χ2v) is 9.93. The molecule has 0 radical (unpaired) electrons. The van der Waals surface area contributed by atoms with Crippen molar-refractivity contribution in [1.82, 2.24) is 14.8 Å². The lowest BCUT2D eigenvalue weighted by atomic mass is 9.84. The van der Waals surface area contributed by atoms with Crippen LogP contribution in [0.3, 0.4) is 0 Å². The van der Waals surface area contributed by atoms with Gasteiger partial charge in [-0.15, -0.1) is 0 Å². The summed E-state index contributed by atoms with van der Waals surface area (Å²) < 4.78 is 8.64. The Balaban J connectivity index is 1.57. The summed E-state index contributed by atoms with van der Waals surface area (Å²) in [5.41, 5.74) is 7.38. The van der Waals surface area contributed by atoms with E-state index < -0.39 is 0 Å². The third-order valence-corrected chi connectivity index (χ3v) is 7.05. The zero-order valence-corrected chi connectivity index (χ0v) is 21.4. The van der Waals surface area contributed by atoms with Crippen LogP contribution < -0.4 is 19.9 Å². The first-order valence-corrected chi connectivity index (χ1v) is 12.2. The maximum atomic E-state index is 6.71. The molecule has 2 aliphatic rings. The number of nitrogens with one attached hydrogen (secondary N) is 1. The Kier molecular flexibility index (Phi) is 5.38. The van der Waals surface area contributed by atoms with Gasteiger partial charge in [-0.2, -0.15) is 10.1 Å². The highest BCUT2D eigenvalue weighted by molar-refractivity contribution is 6.30. The molecule has 3 aromatic carbocycles. The van der Waals surface area contributed by atoms with Gasteiger partial charge < -0.3 is 19.9 Å². The van der Waals surface area contributed by atoms with Crippen molar-refractivity contribution in [2.45, 2.75) is 12.1 Å². The van der Waals surface area contributed by atoms with E-state index in [0.717, 1.165) is 45.1 Å². The van der Waals surface area contributed by atoms with Crippen LogP contribution in [0.5, 0.6) is 5.75 Å². The van der Waals surface area contributed by atoms with E-state index in [0.29, 0.717) is 11.0 Å². The summed E-state index contributed by atoms with van der Waals surface area (Å²) in [7, 11) is 8.16. The van der Waals surface area contributed by atoms with Gasteiger partial charge in [0.1, 0.15) is 24.2 Å². The third kappa shape index (κ3) is 3.67. The molecule has 0 spiro atoms. The van der Waals surface area contributed by atoms with E-state index >= 15 is 0 Å². The zero-order valence-electron chi connectivity index (χ0n) is 20.6. The number of hydrogen-bond acceptors (Lipinski definition) is 6. The van der Waals surface area contributed by atoms with Crippen LogP contribution in [0.2, 0.25) is 5.02 Å². The summed E-state index contributed by atoms with van der Waals surface area (Å²) in [6.45, 7) is 0. The Morgan fingerprint density at radius 2 is 1.50 bits per heavy atom. The third-order valence-electron chi connectivity index (χ3n) is 6.81. The van der Waals surface area contributed by atoms with Gasteiger partial charge in [-0.1, -0.05) is 35.9 Å². The standard InChI is InChI=1S/C28H27ClN6O/c1-33(2)20-10-5-17(6-11-20)26-24-25(32-28-30-16-31-35(26)28)22-15-19(29)9-14-23(22)36-27(24)18-7-12-21(13-8-18)34(3)4/h5-16,26-27H,1-4H3,(H,30,31,32)/t26-,27-/m1/s1. The van der Waals surface area contributed by atoms with Crippen molar-refractivity contribution in [3.8, 4) is 5.75 Å². The zero-order chi connectivity index (χ0) is 25.0. The number of fused-ring (bicyclic) bond motifs is 3. The molecule has 0 bridgehead atoms. The smallest absolute Gasteiger partial charge is 0.226 e. The lowest BCUT2D eigenvalue weighted by molar-refractivity contribution is 0.223. The summed E-state index contributed by atoms with van der Waals surface area (Å²) in [6.07, 6.45) is 1.26. The molecular formula is C28H27ClN6O. The largest absolute Gasteiger partial charge is 0.480 e. The highest BCUT2D eigenvalue weighted by Gasteiger charge is 2.41. The number of ether oxygens (including phenoxy) is 1. The Labute approximate surface area is 215 Å². The number of nitrogens with zero attached hydrogens (tertiary/aromatic N) is 5. The molecule has 4 aromatic rings. The highest BCUT2D eigenvalue weighted by atomic mass is 35.5. The van der Waals surface area contributed by atoms with Gasteiger partial charge in [-0.3, -0.25) is 0 Å². The molecule has 1 aromatic heterocycles. The molecule has 3 heterocycles. The lowest BCUT2D eigenvalue weighted by Crippen LogP contribution is -2.32. The Hall–Kier alpha value is -3.97.